The molecule has 2 unspecified atom stereocenters. The standard InChI is InChI=1S/C22H23F3N4O2/c23-22(24,25)15-9-14-11-28(8-6-18(14)26-10-15)21(30)29-7-5-16(12-29)27-19-13-31-20-4-2-1-3-17(19)20/h1-4,9-10,16,19,27H,5-8,11-13H2. The van der Waals surface area contributed by atoms with E-state index in [2.05, 4.69) is 10.3 Å². The number of fused-ring (bicyclic) bond motifs is 2. The molecule has 1 saturated heterocycles. The molecule has 3 aliphatic rings. The van der Waals surface area contributed by atoms with E-state index < -0.39 is 11.7 Å². The molecule has 6 nitrogen and oxygen atoms in total. The fourth-order valence-corrected chi connectivity index (χ4v) is 4.60. The fourth-order valence-electron chi connectivity index (χ4n) is 4.60. The maximum Gasteiger partial charge on any atom is 0.417 e. The number of likely N-dealkylation sites (tertiary alicyclic amines) is 1. The molecule has 3 aliphatic heterocycles. The third-order valence-corrected chi connectivity index (χ3v) is 6.23. The molecule has 0 bridgehead atoms. The van der Waals surface area contributed by atoms with Gasteiger partial charge in [-0.05, 0) is 24.1 Å². The van der Waals surface area contributed by atoms with Crippen LogP contribution < -0.4 is 10.1 Å². The van der Waals surface area contributed by atoms with Gasteiger partial charge < -0.3 is 19.9 Å². The molecule has 4 heterocycles. The number of rotatable bonds is 2. The van der Waals surface area contributed by atoms with Gasteiger partial charge in [-0.25, -0.2) is 4.79 Å². The molecule has 164 valence electrons. The van der Waals surface area contributed by atoms with Gasteiger partial charge in [-0.15, -0.1) is 0 Å². The maximum absolute atomic E-state index is 13.0. The van der Waals surface area contributed by atoms with Crippen molar-refractivity contribution in [2.75, 3.05) is 26.2 Å². The van der Waals surface area contributed by atoms with E-state index in [1.165, 1.54) is 0 Å². The van der Waals surface area contributed by atoms with Gasteiger partial charge in [-0.1, -0.05) is 18.2 Å². The Morgan fingerprint density at radius 3 is 2.87 bits per heavy atom. The van der Waals surface area contributed by atoms with Crippen LogP contribution in [0.3, 0.4) is 0 Å². The van der Waals surface area contributed by atoms with Crippen molar-refractivity contribution in [3.05, 3.63) is 58.9 Å². The Hall–Kier alpha value is -2.81. The van der Waals surface area contributed by atoms with Gasteiger partial charge in [0.25, 0.3) is 0 Å². The Labute approximate surface area is 178 Å². The minimum atomic E-state index is -4.44. The van der Waals surface area contributed by atoms with Gasteiger partial charge in [-0.3, -0.25) is 4.98 Å². The van der Waals surface area contributed by atoms with Crippen molar-refractivity contribution in [2.24, 2.45) is 0 Å². The normalized spacial score (nSPS) is 22.8. The van der Waals surface area contributed by atoms with E-state index >= 15 is 0 Å². The summed E-state index contributed by atoms with van der Waals surface area (Å²) in [5.41, 5.74) is 1.47. The Balaban J connectivity index is 1.21. The molecule has 2 aromatic rings. The van der Waals surface area contributed by atoms with Gasteiger partial charge >= 0.3 is 12.2 Å². The molecule has 31 heavy (non-hydrogen) atoms. The predicted molar refractivity (Wildman–Crippen MR) is 107 cm³/mol. The second-order valence-corrected chi connectivity index (χ2v) is 8.28. The third kappa shape index (κ3) is 3.94. The quantitative estimate of drug-likeness (QED) is 0.791. The Morgan fingerprint density at radius 2 is 2.03 bits per heavy atom. The lowest BCUT2D eigenvalue weighted by atomic mass is 10.0. The first kappa shape index (κ1) is 20.1. The zero-order valence-corrected chi connectivity index (χ0v) is 16.9. The Bertz CT molecular complexity index is 997. The summed E-state index contributed by atoms with van der Waals surface area (Å²) in [5.74, 6) is 0.893. The number of alkyl halides is 3. The number of aromatic nitrogens is 1. The first-order valence-corrected chi connectivity index (χ1v) is 10.4. The third-order valence-electron chi connectivity index (χ3n) is 6.23. The van der Waals surface area contributed by atoms with Crippen molar-refractivity contribution >= 4 is 6.03 Å². The van der Waals surface area contributed by atoms with Crippen molar-refractivity contribution < 1.29 is 22.7 Å². The fraction of sp³-hybridized carbons (Fsp3) is 0.455. The smallest absolute Gasteiger partial charge is 0.417 e. The number of carbonyl (C=O) groups excluding carboxylic acids is 1. The summed E-state index contributed by atoms with van der Waals surface area (Å²) in [7, 11) is 0. The molecule has 1 aromatic heterocycles. The first-order valence-electron chi connectivity index (χ1n) is 10.4. The molecule has 0 spiro atoms. The number of nitrogens with zero attached hydrogens (tertiary/aromatic N) is 3. The summed E-state index contributed by atoms with van der Waals surface area (Å²) in [5, 5.41) is 3.59. The minimum Gasteiger partial charge on any atom is -0.491 e. The summed E-state index contributed by atoms with van der Waals surface area (Å²) in [6.07, 6.45) is -2.28. The van der Waals surface area contributed by atoms with Gasteiger partial charge in [-0.2, -0.15) is 13.2 Å². The van der Waals surface area contributed by atoms with E-state index in [4.69, 9.17) is 4.74 Å². The summed E-state index contributed by atoms with van der Waals surface area (Å²) in [6.45, 7) is 2.38. The van der Waals surface area contributed by atoms with E-state index in [1.54, 1.807) is 9.80 Å². The van der Waals surface area contributed by atoms with Gasteiger partial charge in [0.2, 0.25) is 0 Å². The molecule has 1 aromatic carbocycles. The second-order valence-electron chi connectivity index (χ2n) is 8.28. The van der Waals surface area contributed by atoms with Crippen molar-refractivity contribution in [3.63, 3.8) is 0 Å². The SMILES string of the molecule is O=C(N1CCc2ncc(C(F)(F)F)cc2C1)N1CCC(NC2COc3ccccc32)C1. The number of pyridine rings is 1. The number of hydrogen-bond acceptors (Lipinski definition) is 4. The van der Waals surface area contributed by atoms with Crippen molar-refractivity contribution in [1.82, 2.24) is 20.1 Å². The molecule has 0 aliphatic carbocycles. The molecule has 0 saturated carbocycles. The number of benzene rings is 1. The molecular formula is C22H23F3N4O2. The molecular weight excluding hydrogens is 409 g/mol. The largest absolute Gasteiger partial charge is 0.491 e. The van der Waals surface area contributed by atoms with Gasteiger partial charge in [0, 0.05) is 56.1 Å². The average molecular weight is 432 g/mol. The van der Waals surface area contributed by atoms with Gasteiger partial charge in [0.15, 0.2) is 0 Å². The van der Waals surface area contributed by atoms with Crippen LogP contribution in [0.25, 0.3) is 0 Å². The highest BCUT2D eigenvalue weighted by Crippen LogP contribution is 2.33. The van der Waals surface area contributed by atoms with Gasteiger partial charge in [0.1, 0.15) is 12.4 Å². The lowest BCUT2D eigenvalue weighted by Crippen LogP contribution is -2.46. The number of nitrogens with one attached hydrogen (secondary N) is 1. The first-order chi connectivity index (χ1) is 14.9. The number of ether oxygens (including phenoxy) is 1. The summed E-state index contributed by atoms with van der Waals surface area (Å²) in [4.78, 5) is 20.4. The Morgan fingerprint density at radius 1 is 1.19 bits per heavy atom. The van der Waals surface area contributed by atoms with E-state index in [0.717, 1.165) is 30.0 Å². The van der Waals surface area contributed by atoms with Crippen LogP contribution in [0.4, 0.5) is 18.0 Å². The van der Waals surface area contributed by atoms with Crippen molar-refractivity contribution in [1.29, 1.82) is 0 Å². The highest BCUT2D eigenvalue weighted by Gasteiger charge is 2.35. The van der Waals surface area contributed by atoms with Crippen LogP contribution in [0.15, 0.2) is 36.5 Å². The topological polar surface area (TPSA) is 57.7 Å². The predicted octanol–water partition coefficient (Wildman–Crippen LogP) is 3.38. The van der Waals surface area contributed by atoms with E-state index in [-0.39, 0.29) is 24.7 Å². The lowest BCUT2D eigenvalue weighted by molar-refractivity contribution is -0.137. The lowest BCUT2D eigenvalue weighted by Gasteiger charge is -2.32. The summed E-state index contributed by atoms with van der Waals surface area (Å²) < 4.78 is 44.8. The molecule has 1 N–H and O–H groups in total. The van der Waals surface area contributed by atoms with Crippen molar-refractivity contribution in [2.45, 2.75) is 37.6 Å². The molecule has 5 rings (SSSR count). The zero-order valence-electron chi connectivity index (χ0n) is 16.9. The number of halogens is 3. The van der Waals surface area contributed by atoms with E-state index in [1.807, 2.05) is 24.3 Å². The average Bonchev–Trinajstić information content (AvgIpc) is 3.40. The Kier molecular flexibility index (Phi) is 5.00. The minimum absolute atomic E-state index is 0.102. The van der Waals surface area contributed by atoms with Crippen LogP contribution >= 0.6 is 0 Å². The summed E-state index contributed by atoms with van der Waals surface area (Å²) in [6, 6.07) is 9.18. The van der Waals surface area contributed by atoms with Crippen LogP contribution in [0.2, 0.25) is 0 Å². The molecule has 1 fully saturated rings. The van der Waals surface area contributed by atoms with E-state index in [0.29, 0.717) is 43.9 Å². The monoisotopic (exact) mass is 432 g/mol. The molecule has 9 heteroatoms. The van der Waals surface area contributed by atoms with Crippen LogP contribution in [0.1, 0.15) is 34.8 Å². The second kappa shape index (κ2) is 7.71. The van der Waals surface area contributed by atoms with Crippen molar-refractivity contribution in [3.8, 4) is 5.75 Å². The van der Waals surface area contributed by atoms with E-state index in [9.17, 15) is 18.0 Å². The molecule has 0 radical (unpaired) electrons. The van der Waals surface area contributed by atoms with Crippen LogP contribution in [0, 0.1) is 0 Å². The summed E-state index contributed by atoms with van der Waals surface area (Å²) >= 11 is 0. The molecule has 2 amide bonds. The molecule has 2 atom stereocenters. The number of para-hydroxylation sites is 1. The number of hydrogen-bond donors (Lipinski definition) is 1. The number of carbonyl (C=O) groups is 1. The van der Waals surface area contributed by atoms with Crippen LogP contribution in [-0.4, -0.2) is 53.1 Å². The van der Waals surface area contributed by atoms with Crippen LogP contribution in [-0.2, 0) is 19.1 Å². The number of urea groups is 1. The highest BCUT2D eigenvalue weighted by molar-refractivity contribution is 5.75. The number of amides is 2. The zero-order chi connectivity index (χ0) is 21.6. The van der Waals surface area contributed by atoms with Crippen LogP contribution in [0.5, 0.6) is 5.75 Å². The highest BCUT2D eigenvalue weighted by atomic mass is 19.4. The maximum atomic E-state index is 13.0. The van der Waals surface area contributed by atoms with Gasteiger partial charge in [0.05, 0.1) is 11.6 Å².